The van der Waals surface area contributed by atoms with Crippen LogP contribution in [0.2, 0.25) is 10.0 Å². The Kier molecular flexibility index (Phi) is 7.59. The first-order chi connectivity index (χ1) is 11.1. The fourth-order valence-electron chi connectivity index (χ4n) is 2.68. The highest BCUT2D eigenvalue weighted by atomic mass is 35.5. The molecule has 1 unspecified atom stereocenters. The van der Waals surface area contributed by atoms with Gasteiger partial charge in [-0.05, 0) is 24.1 Å². The van der Waals surface area contributed by atoms with E-state index in [1.807, 2.05) is 18.2 Å². The smallest absolute Gasteiger partial charge is 0.245 e. The average Bonchev–Trinajstić information content (AvgIpc) is 2.76. The second-order valence-electron chi connectivity index (χ2n) is 5.47. The molecule has 23 heavy (non-hydrogen) atoms. The van der Waals surface area contributed by atoms with Gasteiger partial charge in [0.25, 0.3) is 0 Å². The molecule has 1 saturated heterocycles. The van der Waals surface area contributed by atoms with Crippen molar-refractivity contribution >= 4 is 29.1 Å². The van der Waals surface area contributed by atoms with Crippen molar-refractivity contribution in [2.24, 2.45) is 0 Å². The molecule has 1 aromatic carbocycles. The second kappa shape index (κ2) is 9.45. The summed E-state index contributed by atoms with van der Waals surface area (Å²) in [5, 5.41) is 7.29. The minimum absolute atomic E-state index is 0.00471. The van der Waals surface area contributed by atoms with Gasteiger partial charge in [-0.25, -0.2) is 0 Å². The summed E-state index contributed by atoms with van der Waals surface area (Å²) in [6.45, 7) is 2.88. The summed E-state index contributed by atoms with van der Waals surface area (Å²) >= 11 is 12.1. The lowest BCUT2D eigenvalue weighted by Crippen LogP contribution is -2.33. The topological polar surface area (TPSA) is 59.6 Å². The lowest BCUT2D eigenvalue weighted by Gasteiger charge is -2.25. The molecule has 1 amide bonds. The monoisotopic (exact) mass is 360 g/mol. The first-order valence-electron chi connectivity index (χ1n) is 7.64. The third kappa shape index (κ3) is 5.62. The number of rotatable bonds is 6. The molecule has 2 N–H and O–H groups in total. The summed E-state index contributed by atoms with van der Waals surface area (Å²) in [5.74, 6) is 0.0388. The lowest BCUT2D eigenvalue weighted by molar-refractivity contribution is -0.124. The van der Waals surface area contributed by atoms with Crippen LogP contribution in [0.5, 0.6) is 0 Å². The van der Waals surface area contributed by atoms with Gasteiger partial charge in [0.15, 0.2) is 0 Å². The Labute approximate surface area is 146 Å². The Bertz CT molecular complexity index is 528. The van der Waals surface area contributed by atoms with Crippen LogP contribution in [-0.2, 0) is 14.3 Å². The number of ether oxygens (including phenoxy) is 2. The zero-order chi connectivity index (χ0) is 16.7. The summed E-state index contributed by atoms with van der Waals surface area (Å²) in [4.78, 5) is 11.5. The lowest BCUT2D eigenvalue weighted by atomic mass is 9.91. The van der Waals surface area contributed by atoms with Gasteiger partial charge in [0.1, 0.15) is 6.61 Å². The molecule has 0 spiro atoms. The van der Waals surface area contributed by atoms with Crippen LogP contribution in [-0.4, -0.2) is 52.0 Å². The predicted octanol–water partition coefficient (Wildman–Crippen LogP) is 2.22. The minimum atomic E-state index is -0.120. The van der Waals surface area contributed by atoms with Crippen LogP contribution in [0.1, 0.15) is 17.9 Å². The van der Waals surface area contributed by atoms with E-state index in [4.69, 9.17) is 32.7 Å². The maximum Gasteiger partial charge on any atom is 0.245 e. The Balaban J connectivity index is 2.01. The summed E-state index contributed by atoms with van der Waals surface area (Å²) < 4.78 is 10.8. The van der Waals surface area contributed by atoms with Crippen molar-refractivity contribution < 1.29 is 14.3 Å². The van der Waals surface area contributed by atoms with E-state index >= 15 is 0 Å². The number of hydrogen-bond donors (Lipinski definition) is 2. The fraction of sp³-hybridized carbons (Fsp3) is 0.562. The van der Waals surface area contributed by atoms with Crippen LogP contribution in [0.25, 0.3) is 0 Å². The number of methoxy groups -OCH3 is 1. The van der Waals surface area contributed by atoms with Crippen molar-refractivity contribution in [3.8, 4) is 0 Å². The van der Waals surface area contributed by atoms with Gasteiger partial charge in [-0.2, -0.15) is 0 Å². The average molecular weight is 361 g/mol. The second-order valence-corrected chi connectivity index (χ2v) is 6.28. The van der Waals surface area contributed by atoms with E-state index in [1.54, 1.807) is 0 Å². The van der Waals surface area contributed by atoms with Gasteiger partial charge in [0.2, 0.25) is 5.91 Å². The van der Waals surface area contributed by atoms with Gasteiger partial charge in [-0.3, -0.25) is 4.79 Å². The van der Waals surface area contributed by atoms with Crippen LogP contribution in [0.15, 0.2) is 18.2 Å². The molecule has 5 nitrogen and oxygen atoms in total. The number of carbonyl (C=O) groups is 1. The van der Waals surface area contributed by atoms with E-state index in [1.165, 1.54) is 7.11 Å². The number of carbonyl (C=O) groups excluding carboxylic acids is 1. The van der Waals surface area contributed by atoms with Crippen molar-refractivity contribution in [1.29, 1.82) is 0 Å². The minimum Gasteiger partial charge on any atom is -0.376 e. The van der Waals surface area contributed by atoms with E-state index in [0.29, 0.717) is 23.2 Å². The van der Waals surface area contributed by atoms with Crippen LogP contribution in [0.3, 0.4) is 0 Å². The number of nitrogens with one attached hydrogen (secondary N) is 2. The van der Waals surface area contributed by atoms with Gasteiger partial charge in [0.05, 0.1) is 22.8 Å². The molecule has 0 radical (unpaired) electrons. The van der Waals surface area contributed by atoms with Crippen molar-refractivity contribution in [3.05, 3.63) is 33.8 Å². The van der Waals surface area contributed by atoms with E-state index in [9.17, 15) is 4.79 Å². The van der Waals surface area contributed by atoms with Crippen LogP contribution >= 0.6 is 23.2 Å². The van der Waals surface area contributed by atoms with Gasteiger partial charge >= 0.3 is 0 Å². The fourth-order valence-corrected chi connectivity index (χ4v) is 2.99. The van der Waals surface area contributed by atoms with Gasteiger partial charge in [-0.15, -0.1) is 0 Å². The molecular formula is C16H22Cl2N2O3. The molecule has 7 heteroatoms. The van der Waals surface area contributed by atoms with E-state index in [0.717, 1.165) is 25.1 Å². The van der Waals surface area contributed by atoms with Crippen LogP contribution in [0, 0.1) is 0 Å². The van der Waals surface area contributed by atoms with Crippen LogP contribution < -0.4 is 10.6 Å². The number of benzene rings is 1. The molecule has 1 aromatic rings. The molecule has 128 valence electrons. The van der Waals surface area contributed by atoms with Crippen molar-refractivity contribution in [2.75, 3.05) is 40.0 Å². The Morgan fingerprint density at radius 1 is 1.43 bits per heavy atom. The first-order valence-corrected chi connectivity index (χ1v) is 8.40. The Hall–Kier alpha value is -0.850. The first kappa shape index (κ1) is 18.5. The molecule has 0 aliphatic carbocycles. The largest absolute Gasteiger partial charge is 0.376 e. The molecule has 0 saturated carbocycles. The number of amides is 1. The van der Waals surface area contributed by atoms with Crippen LogP contribution in [0.4, 0.5) is 0 Å². The van der Waals surface area contributed by atoms with Crippen molar-refractivity contribution in [3.63, 3.8) is 0 Å². The van der Waals surface area contributed by atoms with Crippen molar-refractivity contribution in [2.45, 2.75) is 18.4 Å². The SMILES string of the molecule is COCC(=O)NCC[C@@H]1OCCNCC1c1ccc(Cl)c(Cl)c1. The van der Waals surface area contributed by atoms with E-state index < -0.39 is 0 Å². The van der Waals surface area contributed by atoms with E-state index in [-0.39, 0.29) is 24.5 Å². The third-order valence-electron chi connectivity index (χ3n) is 3.82. The molecule has 1 aliphatic heterocycles. The normalized spacial score (nSPS) is 21.7. The quantitative estimate of drug-likeness (QED) is 0.816. The standard InChI is InChI=1S/C16H22Cl2N2O3/c1-22-10-16(21)20-5-4-15-12(9-19-6-7-23-15)11-2-3-13(17)14(18)8-11/h2-3,8,12,15,19H,4-7,9-10H2,1H3,(H,20,21)/t12?,15-/m0/s1. The highest BCUT2D eigenvalue weighted by molar-refractivity contribution is 6.42. The number of halogens is 2. The molecule has 0 aromatic heterocycles. The third-order valence-corrected chi connectivity index (χ3v) is 4.56. The summed E-state index contributed by atoms with van der Waals surface area (Å²) in [6, 6.07) is 5.68. The zero-order valence-corrected chi connectivity index (χ0v) is 14.6. The Morgan fingerprint density at radius 2 is 2.26 bits per heavy atom. The zero-order valence-electron chi connectivity index (χ0n) is 13.1. The molecule has 1 aliphatic rings. The number of hydrogen-bond acceptors (Lipinski definition) is 4. The molecular weight excluding hydrogens is 339 g/mol. The summed E-state index contributed by atoms with van der Waals surface area (Å²) in [6.07, 6.45) is 0.729. The van der Waals surface area contributed by atoms with Gasteiger partial charge < -0.3 is 20.1 Å². The molecule has 0 bridgehead atoms. The summed E-state index contributed by atoms with van der Waals surface area (Å²) in [7, 11) is 1.50. The highest BCUT2D eigenvalue weighted by Gasteiger charge is 2.26. The van der Waals surface area contributed by atoms with Gasteiger partial charge in [0, 0.05) is 32.7 Å². The maximum absolute atomic E-state index is 11.5. The van der Waals surface area contributed by atoms with Crippen molar-refractivity contribution in [1.82, 2.24) is 10.6 Å². The Morgan fingerprint density at radius 3 is 3.00 bits per heavy atom. The molecule has 2 rings (SSSR count). The highest BCUT2D eigenvalue weighted by Crippen LogP contribution is 2.30. The predicted molar refractivity (Wildman–Crippen MR) is 91.3 cm³/mol. The maximum atomic E-state index is 11.5. The molecule has 2 atom stereocenters. The molecule has 1 heterocycles. The molecule has 1 fully saturated rings. The van der Waals surface area contributed by atoms with E-state index in [2.05, 4.69) is 10.6 Å². The van der Waals surface area contributed by atoms with Gasteiger partial charge in [-0.1, -0.05) is 29.3 Å². The summed E-state index contributed by atoms with van der Waals surface area (Å²) in [5.41, 5.74) is 1.09.